The van der Waals surface area contributed by atoms with Gasteiger partial charge in [0.05, 0.1) is 10.8 Å². The highest BCUT2D eigenvalue weighted by molar-refractivity contribution is 6.05. The molecule has 0 aromatic heterocycles. The van der Waals surface area contributed by atoms with E-state index in [2.05, 4.69) is 5.32 Å². The van der Waals surface area contributed by atoms with Gasteiger partial charge in [-0.05, 0) is 52.0 Å². The van der Waals surface area contributed by atoms with Gasteiger partial charge in [-0.25, -0.2) is 13.2 Å². The Bertz CT molecular complexity index is 888. The van der Waals surface area contributed by atoms with Crippen LogP contribution in [0.5, 0.6) is 0 Å². The Kier molecular flexibility index (Phi) is 5.35. The van der Waals surface area contributed by atoms with Gasteiger partial charge in [-0.15, -0.1) is 0 Å². The predicted molar refractivity (Wildman–Crippen MR) is 96.6 cm³/mol. The fourth-order valence-corrected chi connectivity index (χ4v) is 2.87. The number of nitrogens with two attached hydrogens (primary N) is 1. The quantitative estimate of drug-likeness (QED) is 0.835. The lowest BCUT2D eigenvalue weighted by atomic mass is 9.83. The lowest BCUT2D eigenvalue weighted by Gasteiger charge is -2.21. The molecule has 1 aliphatic heterocycles. The van der Waals surface area contributed by atoms with Crippen LogP contribution in [-0.2, 0) is 20.4 Å². The smallest absolute Gasteiger partial charge is 0.234 e. The molecule has 27 heavy (non-hydrogen) atoms. The van der Waals surface area contributed by atoms with Gasteiger partial charge in [-0.1, -0.05) is 12.1 Å². The van der Waals surface area contributed by atoms with Crippen molar-refractivity contribution in [1.82, 2.24) is 0 Å². The van der Waals surface area contributed by atoms with Crippen LogP contribution >= 0.6 is 0 Å². The highest BCUT2D eigenvalue weighted by Gasteiger charge is 2.40. The topological polar surface area (TPSA) is 72.2 Å². The summed E-state index contributed by atoms with van der Waals surface area (Å²) in [6.07, 6.45) is 0. The number of nitrogens with one attached hydrogen (secondary N) is 1. The largest absolute Gasteiger partial charge is 0.369 e. The van der Waals surface area contributed by atoms with Crippen molar-refractivity contribution in [3.63, 3.8) is 0 Å². The maximum absolute atomic E-state index is 13.4. The number of amides is 2. The summed E-state index contributed by atoms with van der Waals surface area (Å²) < 4.78 is 39.9. The number of benzene rings is 2. The molecule has 0 fully saturated rings. The molecule has 3 N–H and O–H groups in total. The standard InChI is InChI=1S/C10H11F2NO.C10H10FNO/c1-10(2,9(13)14)8-6(11)4-3-5-7(8)12;1-10(2)8-6(11)4-3-5-7(8)12-9(10)13/h3-5H,1-2H3,(H2,13,14);3-5H,1-2H3,(H,12,13). The molecule has 0 radical (unpaired) electrons. The summed E-state index contributed by atoms with van der Waals surface area (Å²) in [6, 6.07) is 8.12. The first-order chi connectivity index (χ1) is 12.4. The molecule has 0 bridgehead atoms. The van der Waals surface area contributed by atoms with Crippen molar-refractivity contribution in [2.24, 2.45) is 5.73 Å². The van der Waals surface area contributed by atoms with E-state index in [1.54, 1.807) is 26.0 Å². The molecule has 0 aliphatic carbocycles. The number of halogens is 3. The van der Waals surface area contributed by atoms with Gasteiger partial charge in [0.15, 0.2) is 0 Å². The molecule has 0 spiro atoms. The maximum atomic E-state index is 13.4. The SMILES string of the molecule is CC(C)(C(N)=O)c1c(F)cccc1F.CC1(C)C(=O)Nc2cccc(F)c21. The van der Waals surface area contributed by atoms with Crippen LogP contribution in [0.2, 0.25) is 0 Å². The van der Waals surface area contributed by atoms with Crippen LogP contribution in [0.25, 0.3) is 0 Å². The van der Waals surface area contributed by atoms with Gasteiger partial charge >= 0.3 is 0 Å². The number of hydrogen-bond donors (Lipinski definition) is 2. The minimum absolute atomic E-state index is 0.146. The van der Waals surface area contributed by atoms with Crippen LogP contribution in [0, 0.1) is 17.5 Å². The van der Waals surface area contributed by atoms with Gasteiger partial charge in [0.1, 0.15) is 17.5 Å². The van der Waals surface area contributed by atoms with Gasteiger partial charge in [0, 0.05) is 16.8 Å². The molecular weight excluding hydrogens is 357 g/mol. The molecule has 144 valence electrons. The summed E-state index contributed by atoms with van der Waals surface area (Å²) in [5, 5.41) is 2.65. The molecule has 0 unspecified atom stereocenters. The summed E-state index contributed by atoms with van der Waals surface area (Å²) >= 11 is 0. The minimum Gasteiger partial charge on any atom is -0.369 e. The van der Waals surface area contributed by atoms with Crippen molar-refractivity contribution in [3.8, 4) is 0 Å². The van der Waals surface area contributed by atoms with Crippen molar-refractivity contribution >= 4 is 17.5 Å². The van der Waals surface area contributed by atoms with E-state index in [9.17, 15) is 22.8 Å². The second-order valence-corrected chi connectivity index (χ2v) is 7.33. The van der Waals surface area contributed by atoms with Crippen molar-refractivity contribution < 1.29 is 22.8 Å². The molecule has 7 heteroatoms. The van der Waals surface area contributed by atoms with E-state index in [-0.39, 0.29) is 17.3 Å². The molecule has 1 heterocycles. The van der Waals surface area contributed by atoms with Gasteiger partial charge in [0.25, 0.3) is 0 Å². The zero-order valence-corrected chi connectivity index (χ0v) is 15.5. The summed E-state index contributed by atoms with van der Waals surface area (Å²) in [4.78, 5) is 22.4. The van der Waals surface area contributed by atoms with Crippen LogP contribution in [0.15, 0.2) is 36.4 Å². The average molecular weight is 378 g/mol. The molecule has 1 aliphatic rings. The Balaban J connectivity index is 0.000000194. The van der Waals surface area contributed by atoms with E-state index in [0.717, 1.165) is 12.1 Å². The molecule has 0 saturated heterocycles. The van der Waals surface area contributed by atoms with Crippen molar-refractivity contribution in [2.75, 3.05) is 5.32 Å². The molecule has 3 rings (SSSR count). The number of rotatable bonds is 2. The highest BCUT2D eigenvalue weighted by Crippen LogP contribution is 2.38. The molecule has 0 saturated carbocycles. The molecular formula is C20H21F3N2O2. The van der Waals surface area contributed by atoms with Crippen LogP contribution in [0.3, 0.4) is 0 Å². The number of carbonyl (C=O) groups is 2. The minimum atomic E-state index is -1.34. The zero-order valence-electron chi connectivity index (χ0n) is 15.5. The zero-order chi connectivity index (χ0) is 20.6. The van der Waals surface area contributed by atoms with E-state index < -0.39 is 28.4 Å². The molecule has 0 atom stereocenters. The van der Waals surface area contributed by atoms with Crippen LogP contribution in [0.4, 0.5) is 18.9 Å². The molecule has 2 amide bonds. The van der Waals surface area contributed by atoms with Crippen LogP contribution < -0.4 is 11.1 Å². The Morgan fingerprint density at radius 2 is 1.48 bits per heavy atom. The lowest BCUT2D eigenvalue weighted by Crippen LogP contribution is -2.37. The van der Waals surface area contributed by atoms with E-state index in [4.69, 9.17) is 5.73 Å². The first-order valence-electron chi connectivity index (χ1n) is 8.25. The van der Waals surface area contributed by atoms with Gasteiger partial charge in [-0.2, -0.15) is 0 Å². The van der Waals surface area contributed by atoms with Gasteiger partial charge in [-0.3, -0.25) is 9.59 Å². The summed E-state index contributed by atoms with van der Waals surface area (Å²) in [6.45, 7) is 6.21. The second kappa shape index (κ2) is 7.06. The van der Waals surface area contributed by atoms with Crippen molar-refractivity contribution in [1.29, 1.82) is 0 Å². The summed E-state index contributed by atoms with van der Waals surface area (Å²) in [5.74, 6) is -2.74. The normalized spacial score (nSPS) is 14.7. The molecule has 2 aromatic rings. The van der Waals surface area contributed by atoms with Crippen LogP contribution in [0.1, 0.15) is 38.8 Å². The number of carbonyl (C=O) groups excluding carboxylic acids is 2. The highest BCUT2D eigenvalue weighted by atomic mass is 19.1. The Morgan fingerprint density at radius 1 is 1.00 bits per heavy atom. The number of hydrogen-bond acceptors (Lipinski definition) is 2. The number of primary amides is 1. The van der Waals surface area contributed by atoms with E-state index in [1.807, 2.05) is 0 Å². The molecule has 4 nitrogen and oxygen atoms in total. The van der Waals surface area contributed by atoms with E-state index in [1.165, 1.54) is 26.0 Å². The Labute approximate surface area is 155 Å². The number of anilines is 1. The number of fused-ring (bicyclic) bond motifs is 1. The molecule has 2 aromatic carbocycles. The van der Waals surface area contributed by atoms with E-state index >= 15 is 0 Å². The monoisotopic (exact) mass is 378 g/mol. The van der Waals surface area contributed by atoms with Crippen molar-refractivity contribution in [3.05, 3.63) is 65.0 Å². The van der Waals surface area contributed by atoms with Crippen molar-refractivity contribution in [2.45, 2.75) is 38.5 Å². The first-order valence-corrected chi connectivity index (χ1v) is 8.25. The fraction of sp³-hybridized carbons (Fsp3) is 0.300. The van der Waals surface area contributed by atoms with Crippen LogP contribution in [-0.4, -0.2) is 11.8 Å². The Hall–Kier alpha value is -2.83. The van der Waals surface area contributed by atoms with Gasteiger partial charge in [0.2, 0.25) is 11.8 Å². The lowest BCUT2D eigenvalue weighted by molar-refractivity contribution is -0.122. The van der Waals surface area contributed by atoms with E-state index in [0.29, 0.717) is 11.3 Å². The third kappa shape index (κ3) is 3.67. The summed E-state index contributed by atoms with van der Waals surface area (Å²) in [5.41, 5.74) is 3.76. The summed E-state index contributed by atoms with van der Waals surface area (Å²) in [7, 11) is 0. The third-order valence-electron chi connectivity index (χ3n) is 4.66. The fourth-order valence-electron chi connectivity index (χ4n) is 2.87. The second-order valence-electron chi connectivity index (χ2n) is 7.33. The first kappa shape index (κ1) is 20.5. The average Bonchev–Trinajstić information content (AvgIpc) is 2.78. The third-order valence-corrected chi connectivity index (χ3v) is 4.66. The maximum Gasteiger partial charge on any atom is 0.234 e. The predicted octanol–water partition coefficient (Wildman–Crippen LogP) is 3.78. The Morgan fingerprint density at radius 3 is 1.96 bits per heavy atom. The van der Waals surface area contributed by atoms with Gasteiger partial charge < -0.3 is 11.1 Å².